The molecule has 2 aromatic carbocycles. The second-order valence-electron chi connectivity index (χ2n) is 4.71. The van der Waals surface area contributed by atoms with Crippen LogP contribution in [0.15, 0.2) is 53.4 Å². The van der Waals surface area contributed by atoms with Crippen molar-refractivity contribution in [3.63, 3.8) is 0 Å². The molecule has 0 fully saturated rings. The van der Waals surface area contributed by atoms with E-state index in [9.17, 15) is 13.2 Å². The zero-order chi connectivity index (χ0) is 16.9. The molecule has 23 heavy (non-hydrogen) atoms. The standard InChI is InChI=1S/C16H16ClNO4S/c1-2-22-16(19)11-12-7-9-13(10-8-12)18-23(20,21)15-6-4-3-5-14(15)17/h3-10,18H,2,11H2,1H3. The summed E-state index contributed by atoms with van der Waals surface area (Å²) in [5.41, 5.74) is 1.13. The van der Waals surface area contributed by atoms with Crippen LogP contribution < -0.4 is 4.72 Å². The Kier molecular flexibility index (Phi) is 5.63. The molecule has 0 atom stereocenters. The summed E-state index contributed by atoms with van der Waals surface area (Å²) in [7, 11) is -3.76. The van der Waals surface area contributed by atoms with E-state index in [1.54, 1.807) is 43.3 Å². The van der Waals surface area contributed by atoms with E-state index >= 15 is 0 Å². The summed E-state index contributed by atoms with van der Waals surface area (Å²) in [6.45, 7) is 2.07. The first-order valence-electron chi connectivity index (χ1n) is 6.94. The Bertz CT molecular complexity index is 788. The van der Waals surface area contributed by atoms with Gasteiger partial charge in [0.25, 0.3) is 10.0 Å². The molecular weight excluding hydrogens is 338 g/mol. The van der Waals surface area contributed by atoms with Crippen LogP contribution in [0.5, 0.6) is 0 Å². The quantitative estimate of drug-likeness (QED) is 0.809. The van der Waals surface area contributed by atoms with Gasteiger partial charge in [-0.25, -0.2) is 8.42 Å². The normalized spacial score (nSPS) is 11.0. The molecule has 0 radical (unpaired) electrons. The van der Waals surface area contributed by atoms with Crippen LogP contribution in [0.1, 0.15) is 12.5 Å². The summed E-state index contributed by atoms with van der Waals surface area (Å²) in [5.74, 6) is -0.322. The molecular formula is C16H16ClNO4S. The second kappa shape index (κ2) is 7.48. The largest absolute Gasteiger partial charge is 0.466 e. The third-order valence-electron chi connectivity index (χ3n) is 2.99. The molecule has 0 spiro atoms. The number of benzene rings is 2. The van der Waals surface area contributed by atoms with Gasteiger partial charge in [0.15, 0.2) is 0 Å². The minimum atomic E-state index is -3.76. The Balaban J connectivity index is 2.12. The van der Waals surface area contributed by atoms with Crippen LogP contribution >= 0.6 is 11.6 Å². The first kappa shape index (κ1) is 17.3. The molecule has 0 unspecified atom stereocenters. The fourth-order valence-electron chi connectivity index (χ4n) is 1.94. The first-order valence-corrected chi connectivity index (χ1v) is 8.80. The average molecular weight is 354 g/mol. The van der Waals surface area contributed by atoms with E-state index in [0.29, 0.717) is 12.3 Å². The fraction of sp³-hybridized carbons (Fsp3) is 0.188. The number of esters is 1. The molecule has 122 valence electrons. The summed E-state index contributed by atoms with van der Waals surface area (Å²) in [6.07, 6.45) is 0.144. The summed E-state index contributed by atoms with van der Waals surface area (Å²) in [5, 5.41) is 0.152. The van der Waals surface area contributed by atoms with E-state index < -0.39 is 10.0 Å². The fourth-order valence-corrected chi connectivity index (χ4v) is 3.52. The van der Waals surface area contributed by atoms with Crippen molar-refractivity contribution >= 4 is 33.3 Å². The summed E-state index contributed by atoms with van der Waals surface area (Å²) >= 11 is 5.92. The van der Waals surface area contributed by atoms with Crippen molar-refractivity contribution in [1.29, 1.82) is 0 Å². The van der Waals surface area contributed by atoms with E-state index in [1.807, 2.05) is 0 Å². The van der Waals surface area contributed by atoms with Gasteiger partial charge in [-0.1, -0.05) is 35.9 Å². The first-order chi connectivity index (χ1) is 10.9. The van der Waals surface area contributed by atoms with Crippen LogP contribution in [0.3, 0.4) is 0 Å². The van der Waals surface area contributed by atoms with Crippen molar-refractivity contribution in [2.45, 2.75) is 18.2 Å². The Morgan fingerprint density at radius 1 is 1.13 bits per heavy atom. The molecule has 0 heterocycles. The van der Waals surface area contributed by atoms with Gasteiger partial charge in [-0.2, -0.15) is 0 Å². The molecule has 7 heteroatoms. The molecule has 2 rings (SSSR count). The topological polar surface area (TPSA) is 72.5 Å². The smallest absolute Gasteiger partial charge is 0.310 e. The SMILES string of the molecule is CCOC(=O)Cc1ccc(NS(=O)(=O)c2ccccc2Cl)cc1. The third kappa shape index (κ3) is 4.71. The van der Waals surface area contributed by atoms with Crippen LogP contribution in [0.2, 0.25) is 5.02 Å². The highest BCUT2D eigenvalue weighted by Crippen LogP contribution is 2.23. The number of ether oxygens (including phenoxy) is 1. The lowest BCUT2D eigenvalue weighted by atomic mass is 10.1. The molecule has 0 aliphatic rings. The molecule has 0 amide bonds. The lowest BCUT2D eigenvalue weighted by molar-refractivity contribution is -0.142. The minimum Gasteiger partial charge on any atom is -0.466 e. The van der Waals surface area contributed by atoms with Gasteiger partial charge in [-0.05, 0) is 36.8 Å². The van der Waals surface area contributed by atoms with Crippen LogP contribution in [0, 0.1) is 0 Å². The van der Waals surface area contributed by atoms with Crippen molar-refractivity contribution < 1.29 is 17.9 Å². The van der Waals surface area contributed by atoms with Gasteiger partial charge in [0.05, 0.1) is 18.1 Å². The van der Waals surface area contributed by atoms with E-state index in [-0.39, 0.29) is 22.3 Å². The molecule has 0 aromatic heterocycles. The highest BCUT2D eigenvalue weighted by atomic mass is 35.5. The second-order valence-corrected chi connectivity index (χ2v) is 6.77. The lowest BCUT2D eigenvalue weighted by Crippen LogP contribution is -2.13. The van der Waals surface area contributed by atoms with Crippen LogP contribution in [-0.4, -0.2) is 21.0 Å². The number of nitrogens with one attached hydrogen (secondary N) is 1. The Hall–Kier alpha value is -2.05. The van der Waals surface area contributed by atoms with Gasteiger partial charge in [0.2, 0.25) is 0 Å². The van der Waals surface area contributed by atoms with E-state index in [1.165, 1.54) is 12.1 Å². The molecule has 0 aliphatic carbocycles. The number of halogens is 1. The Labute approximate surface area is 140 Å². The monoisotopic (exact) mass is 353 g/mol. The van der Waals surface area contributed by atoms with E-state index in [4.69, 9.17) is 16.3 Å². The molecule has 2 aromatic rings. The van der Waals surface area contributed by atoms with E-state index in [0.717, 1.165) is 5.56 Å². The molecule has 0 saturated carbocycles. The van der Waals surface area contributed by atoms with Crippen molar-refractivity contribution in [2.75, 3.05) is 11.3 Å². The summed E-state index contributed by atoms with van der Waals surface area (Å²) in [6, 6.07) is 12.7. The lowest BCUT2D eigenvalue weighted by Gasteiger charge is -2.10. The number of hydrogen-bond acceptors (Lipinski definition) is 4. The van der Waals surface area contributed by atoms with Gasteiger partial charge in [-0.3, -0.25) is 9.52 Å². The van der Waals surface area contributed by atoms with Gasteiger partial charge >= 0.3 is 5.97 Å². The van der Waals surface area contributed by atoms with Crippen LogP contribution in [0.4, 0.5) is 5.69 Å². The predicted molar refractivity (Wildman–Crippen MR) is 89.0 cm³/mol. The van der Waals surface area contributed by atoms with Crippen molar-refractivity contribution in [1.82, 2.24) is 0 Å². The Morgan fingerprint density at radius 2 is 1.78 bits per heavy atom. The maximum atomic E-state index is 12.3. The van der Waals surface area contributed by atoms with Gasteiger partial charge < -0.3 is 4.74 Å². The average Bonchev–Trinajstić information content (AvgIpc) is 2.49. The maximum absolute atomic E-state index is 12.3. The summed E-state index contributed by atoms with van der Waals surface area (Å²) in [4.78, 5) is 11.4. The van der Waals surface area contributed by atoms with E-state index in [2.05, 4.69) is 4.72 Å². The zero-order valence-electron chi connectivity index (χ0n) is 12.5. The van der Waals surface area contributed by atoms with Gasteiger partial charge in [0.1, 0.15) is 4.90 Å². The number of rotatable bonds is 6. The van der Waals surface area contributed by atoms with Crippen molar-refractivity contribution in [2.24, 2.45) is 0 Å². The minimum absolute atomic E-state index is 0.0114. The summed E-state index contributed by atoms with van der Waals surface area (Å²) < 4.78 is 31.9. The number of sulfonamides is 1. The molecule has 1 N–H and O–H groups in total. The molecule has 0 bridgehead atoms. The molecule has 5 nitrogen and oxygen atoms in total. The number of carbonyl (C=O) groups is 1. The highest BCUT2D eigenvalue weighted by Gasteiger charge is 2.17. The van der Waals surface area contributed by atoms with Crippen molar-refractivity contribution in [3.8, 4) is 0 Å². The van der Waals surface area contributed by atoms with Crippen LogP contribution in [-0.2, 0) is 26.0 Å². The van der Waals surface area contributed by atoms with Crippen LogP contribution in [0.25, 0.3) is 0 Å². The predicted octanol–water partition coefficient (Wildman–Crippen LogP) is 3.25. The number of hydrogen-bond donors (Lipinski definition) is 1. The molecule has 0 aliphatic heterocycles. The number of carbonyl (C=O) groups excluding carboxylic acids is 1. The highest BCUT2D eigenvalue weighted by molar-refractivity contribution is 7.92. The zero-order valence-corrected chi connectivity index (χ0v) is 14.0. The molecule has 0 saturated heterocycles. The third-order valence-corrected chi connectivity index (χ3v) is 4.87. The van der Waals surface area contributed by atoms with Gasteiger partial charge in [0, 0.05) is 5.69 Å². The van der Waals surface area contributed by atoms with Gasteiger partial charge in [-0.15, -0.1) is 0 Å². The Morgan fingerprint density at radius 3 is 2.39 bits per heavy atom. The maximum Gasteiger partial charge on any atom is 0.310 e. The number of anilines is 1. The van der Waals surface area contributed by atoms with Crippen molar-refractivity contribution in [3.05, 3.63) is 59.1 Å².